The van der Waals surface area contributed by atoms with E-state index in [1.807, 2.05) is 16.8 Å². The van der Waals surface area contributed by atoms with Crippen LogP contribution in [0, 0.1) is 10.1 Å². The first-order valence-electron chi connectivity index (χ1n) is 5.81. The number of non-ortho nitro benzene ring substituents is 1. The van der Waals surface area contributed by atoms with Crippen LogP contribution in [0.5, 0.6) is 0 Å². The first kappa shape index (κ1) is 12.5. The zero-order valence-electron chi connectivity index (χ0n) is 10.2. The highest BCUT2D eigenvalue weighted by Crippen LogP contribution is 2.20. The van der Waals surface area contributed by atoms with Gasteiger partial charge in [0, 0.05) is 17.7 Å². The maximum absolute atomic E-state index is 10.6. The van der Waals surface area contributed by atoms with Gasteiger partial charge in [-0.15, -0.1) is 0 Å². The molecule has 0 saturated carbocycles. The van der Waals surface area contributed by atoms with E-state index in [2.05, 4.69) is 10.1 Å². The number of nitro groups is 1. The molecule has 100 valence electrons. The fraction of sp³-hybridized carbons (Fsp3) is 0.0769. The summed E-state index contributed by atoms with van der Waals surface area (Å²) in [5, 5.41) is 18.5. The summed E-state index contributed by atoms with van der Waals surface area (Å²) in [6.07, 6.45) is 0.587. The van der Waals surface area contributed by atoms with Crippen molar-refractivity contribution in [2.75, 3.05) is 0 Å². The van der Waals surface area contributed by atoms with Crippen LogP contribution in [-0.2, 0) is 6.42 Å². The topological polar surface area (TPSA) is 82.1 Å². The summed E-state index contributed by atoms with van der Waals surface area (Å²) in [4.78, 5) is 14.4. The Morgan fingerprint density at radius 1 is 1.25 bits per heavy atom. The standard InChI is InChI=1S/C13H9N3O3S/c17-16(18)11-3-1-10(2-4-11)13-14-12(19-15-13)7-9-5-6-20-8-9/h1-6,8H,7H2. The molecule has 0 amide bonds. The molecule has 0 saturated heterocycles. The van der Waals surface area contributed by atoms with Crippen LogP contribution in [0.1, 0.15) is 11.5 Å². The summed E-state index contributed by atoms with van der Waals surface area (Å²) in [5.74, 6) is 0.960. The lowest BCUT2D eigenvalue weighted by Crippen LogP contribution is -1.88. The fourth-order valence-corrected chi connectivity index (χ4v) is 2.41. The number of hydrogen-bond acceptors (Lipinski definition) is 6. The molecule has 20 heavy (non-hydrogen) atoms. The summed E-state index contributed by atoms with van der Waals surface area (Å²) in [5.41, 5.74) is 1.85. The van der Waals surface area contributed by atoms with Gasteiger partial charge in [-0.05, 0) is 34.5 Å². The van der Waals surface area contributed by atoms with Crippen LogP contribution in [0.3, 0.4) is 0 Å². The molecular weight excluding hydrogens is 278 g/mol. The van der Waals surface area contributed by atoms with Crippen LogP contribution in [0.2, 0.25) is 0 Å². The molecule has 0 aliphatic rings. The summed E-state index contributed by atoms with van der Waals surface area (Å²) >= 11 is 1.61. The number of thiophene rings is 1. The van der Waals surface area contributed by atoms with E-state index < -0.39 is 4.92 Å². The molecule has 7 heteroatoms. The SMILES string of the molecule is O=[N+]([O-])c1ccc(-c2noc(Cc3ccsc3)n2)cc1. The first-order chi connectivity index (χ1) is 9.72. The minimum Gasteiger partial charge on any atom is -0.339 e. The Bertz CT molecular complexity index is 720. The zero-order valence-corrected chi connectivity index (χ0v) is 11.0. The largest absolute Gasteiger partial charge is 0.339 e. The Hall–Kier alpha value is -2.54. The van der Waals surface area contributed by atoms with Crippen molar-refractivity contribution in [1.82, 2.24) is 10.1 Å². The highest BCUT2D eigenvalue weighted by atomic mass is 32.1. The Labute approximate surface area is 117 Å². The van der Waals surface area contributed by atoms with Crippen LogP contribution in [0.25, 0.3) is 11.4 Å². The van der Waals surface area contributed by atoms with E-state index in [9.17, 15) is 10.1 Å². The van der Waals surface area contributed by atoms with Crippen LogP contribution >= 0.6 is 11.3 Å². The van der Waals surface area contributed by atoms with E-state index in [-0.39, 0.29) is 5.69 Å². The normalized spacial score (nSPS) is 10.6. The van der Waals surface area contributed by atoms with E-state index in [0.29, 0.717) is 23.7 Å². The Morgan fingerprint density at radius 3 is 2.70 bits per heavy atom. The Morgan fingerprint density at radius 2 is 2.05 bits per heavy atom. The van der Waals surface area contributed by atoms with Crippen molar-refractivity contribution < 1.29 is 9.45 Å². The van der Waals surface area contributed by atoms with Crippen molar-refractivity contribution in [3.05, 3.63) is 62.7 Å². The van der Waals surface area contributed by atoms with Crippen LogP contribution in [-0.4, -0.2) is 15.1 Å². The number of nitrogens with zero attached hydrogens (tertiary/aromatic N) is 3. The van der Waals surface area contributed by atoms with E-state index >= 15 is 0 Å². The van der Waals surface area contributed by atoms with Gasteiger partial charge < -0.3 is 4.52 Å². The lowest BCUT2D eigenvalue weighted by Gasteiger charge is -1.93. The predicted octanol–water partition coefficient (Wildman–Crippen LogP) is 3.30. The molecule has 0 radical (unpaired) electrons. The van der Waals surface area contributed by atoms with Gasteiger partial charge in [0.1, 0.15) is 0 Å². The van der Waals surface area contributed by atoms with Crippen molar-refractivity contribution in [2.45, 2.75) is 6.42 Å². The minimum atomic E-state index is -0.442. The van der Waals surface area contributed by atoms with E-state index in [4.69, 9.17) is 4.52 Å². The zero-order chi connectivity index (χ0) is 13.9. The van der Waals surface area contributed by atoms with Gasteiger partial charge >= 0.3 is 0 Å². The molecule has 0 unspecified atom stereocenters. The molecule has 0 aliphatic carbocycles. The monoisotopic (exact) mass is 287 g/mol. The molecule has 3 rings (SSSR count). The molecule has 0 fully saturated rings. The van der Waals surface area contributed by atoms with Crippen molar-refractivity contribution in [3.63, 3.8) is 0 Å². The summed E-state index contributed by atoms with van der Waals surface area (Å²) in [7, 11) is 0. The minimum absolute atomic E-state index is 0.0377. The van der Waals surface area contributed by atoms with Gasteiger partial charge in [-0.1, -0.05) is 5.16 Å². The van der Waals surface area contributed by atoms with Crippen LogP contribution in [0.4, 0.5) is 5.69 Å². The van der Waals surface area contributed by atoms with Crippen molar-refractivity contribution in [2.24, 2.45) is 0 Å². The predicted molar refractivity (Wildman–Crippen MR) is 73.5 cm³/mol. The molecule has 2 aromatic heterocycles. The maximum atomic E-state index is 10.6. The number of aromatic nitrogens is 2. The maximum Gasteiger partial charge on any atom is 0.269 e. The number of benzene rings is 1. The molecule has 2 heterocycles. The first-order valence-corrected chi connectivity index (χ1v) is 6.75. The quantitative estimate of drug-likeness (QED) is 0.543. The molecule has 0 atom stereocenters. The highest BCUT2D eigenvalue weighted by molar-refractivity contribution is 7.07. The summed E-state index contributed by atoms with van der Waals surface area (Å²) in [6, 6.07) is 8.06. The van der Waals surface area contributed by atoms with Gasteiger partial charge in [-0.3, -0.25) is 10.1 Å². The van der Waals surface area contributed by atoms with Gasteiger partial charge in [0.05, 0.1) is 11.3 Å². The summed E-state index contributed by atoms with van der Waals surface area (Å²) < 4.78 is 5.18. The second-order valence-corrected chi connectivity index (χ2v) is 4.90. The third-order valence-corrected chi connectivity index (χ3v) is 3.47. The molecule has 0 bridgehead atoms. The van der Waals surface area contributed by atoms with Crippen molar-refractivity contribution >= 4 is 17.0 Å². The van der Waals surface area contributed by atoms with Gasteiger partial charge in [0.15, 0.2) is 0 Å². The average Bonchev–Trinajstić information content (AvgIpc) is 3.11. The molecule has 1 aromatic carbocycles. The second kappa shape index (κ2) is 5.22. The van der Waals surface area contributed by atoms with Crippen molar-refractivity contribution in [3.8, 4) is 11.4 Å². The third-order valence-electron chi connectivity index (χ3n) is 2.74. The molecule has 6 nitrogen and oxygen atoms in total. The van der Waals surface area contributed by atoms with Crippen molar-refractivity contribution in [1.29, 1.82) is 0 Å². The van der Waals surface area contributed by atoms with E-state index in [1.54, 1.807) is 23.5 Å². The average molecular weight is 287 g/mol. The van der Waals surface area contributed by atoms with Gasteiger partial charge in [-0.2, -0.15) is 16.3 Å². The fourth-order valence-electron chi connectivity index (χ4n) is 1.74. The van der Waals surface area contributed by atoms with E-state index in [1.165, 1.54) is 12.1 Å². The summed E-state index contributed by atoms with van der Waals surface area (Å²) in [6.45, 7) is 0. The smallest absolute Gasteiger partial charge is 0.269 e. The van der Waals surface area contributed by atoms with Gasteiger partial charge in [0.2, 0.25) is 11.7 Å². The molecule has 3 aromatic rings. The lowest BCUT2D eigenvalue weighted by molar-refractivity contribution is -0.384. The number of nitro benzene ring substituents is 1. The number of hydrogen-bond donors (Lipinski definition) is 0. The molecule has 0 N–H and O–H groups in total. The third kappa shape index (κ3) is 2.57. The lowest BCUT2D eigenvalue weighted by atomic mass is 10.2. The highest BCUT2D eigenvalue weighted by Gasteiger charge is 2.11. The van der Waals surface area contributed by atoms with Crippen LogP contribution in [0.15, 0.2) is 45.6 Å². The molecular formula is C13H9N3O3S. The molecule has 0 aliphatic heterocycles. The number of rotatable bonds is 4. The van der Waals surface area contributed by atoms with E-state index in [0.717, 1.165) is 5.56 Å². The Kier molecular flexibility index (Phi) is 3.26. The second-order valence-electron chi connectivity index (χ2n) is 4.12. The van der Waals surface area contributed by atoms with Gasteiger partial charge in [0.25, 0.3) is 5.69 Å². The van der Waals surface area contributed by atoms with Gasteiger partial charge in [-0.25, -0.2) is 0 Å². The van der Waals surface area contributed by atoms with Crippen LogP contribution < -0.4 is 0 Å². The Balaban J connectivity index is 1.80. The molecule has 0 spiro atoms.